The molecule has 0 radical (unpaired) electrons. The van der Waals surface area contributed by atoms with Gasteiger partial charge in [-0.25, -0.2) is 14.8 Å². The number of amidine groups is 1. The lowest BCUT2D eigenvalue weighted by Crippen LogP contribution is -2.70. The number of carbonyl (C=O) groups is 2. The lowest BCUT2D eigenvalue weighted by molar-refractivity contribution is -0.122. The van der Waals surface area contributed by atoms with Gasteiger partial charge in [-0.3, -0.25) is 25.2 Å². The van der Waals surface area contributed by atoms with Crippen molar-refractivity contribution in [1.82, 2.24) is 20.0 Å². The summed E-state index contributed by atoms with van der Waals surface area (Å²) in [4.78, 5) is 38.0. The summed E-state index contributed by atoms with van der Waals surface area (Å²) < 4.78 is 0. The Kier molecular flexibility index (Phi) is 4.41. The van der Waals surface area contributed by atoms with Crippen LogP contribution in [0.1, 0.15) is 19.8 Å². The van der Waals surface area contributed by atoms with Crippen molar-refractivity contribution >= 4 is 23.5 Å². The fourth-order valence-corrected chi connectivity index (χ4v) is 3.42. The molecule has 9 heteroatoms. The Morgan fingerprint density at radius 1 is 1.29 bits per heavy atom. The molecular weight excluding hydrogens is 310 g/mol. The number of hydrogen-bond donors (Lipinski definition) is 2. The lowest BCUT2D eigenvalue weighted by Gasteiger charge is -2.39. The Labute approximate surface area is 141 Å². The number of aliphatic imine (C=N–C) groups is 2. The van der Waals surface area contributed by atoms with E-state index in [0.29, 0.717) is 18.3 Å². The van der Waals surface area contributed by atoms with Crippen LogP contribution in [0.2, 0.25) is 0 Å². The van der Waals surface area contributed by atoms with Crippen LogP contribution in [0, 0.1) is 0 Å². The second kappa shape index (κ2) is 6.23. The number of nitrogens with two attached hydrogens (primary N) is 1. The molecule has 2 unspecified atom stereocenters. The molecule has 3 aliphatic heterocycles. The number of amides is 3. The number of imide groups is 1. The van der Waals surface area contributed by atoms with E-state index in [4.69, 9.17) is 5.73 Å². The third kappa shape index (κ3) is 2.62. The third-order valence-corrected chi connectivity index (χ3v) is 5.04. The summed E-state index contributed by atoms with van der Waals surface area (Å²) in [6.45, 7) is 6.04. The van der Waals surface area contributed by atoms with E-state index < -0.39 is 17.7 Å². The molecule has 0 aliphatic carbocycles. The molecule has 3 amide bonds. The average Bonchev–Trinajstić information content (AvgIpc) is 2.94. The zero-order chi connectivity index (χ0) is 17.5. The van der Waals surface area contributed by atoms with E-state index in [9.17, 15) is 9.59 Å². The zero-order valence-corrected chi connectivity index (χ0v) is 14.4. The molecule has 3 N–H and O–H groups in total. The standard InChI is InChI=1S/C15H25N7O2/c1-4-10(22-7-5-17-6-8-22)9-11-18-12-13(23)20(2)14(24)21(3)15(12,16)19-11/h10,17H,4-9,16H2,1-3H3. The second-order valence-electron chi connectivity index (χ2n) is 6.47. The molecule has 24 heavy (non-hydrogen) atoms. The topological polar surface area (TPSA) is 107 Å². The molecule has 2 atom stereocenters. The predicted molar refractivity (Wildman–Crippen MR) is 90.9 cm³/mol. The number of carbonyl (C=O) groups excluding carboxylic acids is 2. The second-order valence-corrected chi connectivity index (χ2v) is 6.47. The lowest BCUT2D eigenvalue weighted by atomic mass is 10.1. The van der Waals surface area contributed by atoms with Gasteiger partial charge in [0.25, 0.3) is 5.91 Å². The van der Waals surface area contributed by atoms with Gasteiger partial charge in [-0.1, -0.05) is 6.92 Å². The van der Waals surface area contributed by atoms with Crippen molar-refractivity contribution in [3.63, 3.8) is 0 Å². The summed E-state index contributed by atoms with van der Waals surface area (Å²) >= 11 is 0. The first-order valence-corrected chi connectivity index (χ1v) is 8.36. The molecule has 0 aromatic carbocycles. The third-order valence-electron chi connectivity index (χ3n) is 5.04. The Balaban J connectivity index is 1.82. The molecular formula is C15H25N7O2. The van der Waals surface area contributed by atoms with Crippen molar-refractivity contribution < 1.29 is 9.59 Å². The smallest absolute Gasteiger partial charge is 0.314 e. The highest BCUT2D eigenvalue weighted by molar-refractivity contribution is 6.48. The van der Waals surface area contributed by atoms with E-state index in [1.54, 1.807) is 7.05 Å². The van der Waals surface area contributed by atoms with Crippen LogP contribution in [0.3, 0.4) is 0 Å². The molecule has 132 valence electrons. The van der Waals surface area contributed by atoms with E-state index in [1.807, 2.05) is 0 Å². The van der Waals surface area contributed by atoms with Crippen LogP contribution < -0.4 is 11.1 Å². The van der Waals surface area contributed by atoms with E-state index in [2.05, 4.69) is 27.1 Å². The minimum atomic E-state index is -1.47. The monoisotopic (exact) mass is 335 g/mol. The zero-order valence-electron chi connectivity index (χ0n) is 14.4. The molecule has 2 saturated heterocycles. The van der Waals surface area contributed by atoms with Crippen LogP contribution in [0.15, 0.2) is 9.98 Å². The first-order valence-electron chi connectivity index (χ1n) is 8.36. The van der Waals surface area contributed by atoms with Crippen LogP contribution in [-0.4, -0.2) is 90.3 Å². The number of fused-ring (bicyclic) bond motifs is 1. The molecule has 0 spiro atoms. The highest BCUT2D eigenvalue weighted by Gasteiger charge is 2.53. The normalized spacial score (nSPS) is 29.5. The molecule has 0 saturated carbocycles. The van der Waals surface area contributed by atoms with Gasteiger partial charge in [-0.15, -0.1) is 0 Å². The quantitative estimate of drug-likeness (QED) is 0.689. The Morgan fingerprint density at radius 3 is 2.58 bits per heavy atom. The van der Waals surface area contributed by atoms with Crippen LogP contribution in [0.25, 0.3) is 0 Å². The summed E-state index contributed by atoms with van der Waals surface area (Å²) in [5.74, 6) is -1.41. The molecule has 3 heterocycles. The summed E-state index contributed by atoms with van der Waals surface area (Å²) in [5.41, 5.74) is 6.38. The van der Waals surface area contributed by atoms with Gasteiger partial charge in [-0.05, 0) is 6.42 Å². The van der Waals surface area contributed by atoms with E-state index in [1.165, 1.54) is 11.9 Å². The van der Waals surface area contributed by atoms with Crippen LogP contribution in [-0.2, 0) is 4.79 Å². The van der Waals surface area contributed by atoms with Crippen LogP contribution in [0.4, 0.5) is 4.79 Å². The highest BCUT2D eigenvalue weighted by Crippen LogP contribution is 2.27. The minimum absolute atomic E-state index is 0.122. The fraction of sp³-hybridized carbons (Fsp3) is 0.733. The van der Waals surface area contributed by atoms with Crippen LogP contribution >= 0.6 is 0 Å². The largest absolute Gasteiger partial charge is 0.329 e. The summed E-state index contributed by atoms with van der Waals surface area (Å²) in [7, 11) is 2.97. The number of nitrogens with one attached hydrogen (secondary N) is 1. The molecule has 9 nitrogen and oxygen atoms in total. The van der Waals surface area contributed by atoms with Crippen LogP contribution in [0.5, 0.6) is 0 Å². The van der Waals surface area contributed by atoms with E-state index >= 15 is 0 Å². The first kappa shape index (κ1) is 17.0. The van der Waals surface area contributed by atoms with Gasteiger partial charge < -0.3 is 5.32 Å². The number of rotatable bonds is 4. The molecule has 0 aromatic heterocycles. The number of urea groups is 1. The first-order chi connectivity index (χ1) is 11.4. The maximum absolute atomic E-state index is 12.3. The Bertz CT molecular complexity index is 611. The van der Waals surface area contributed by atoms with Crippen molar-refractivity contribution in [1.29, 1.82) is 0 Å². The molecule has 0 bridgehead atoms. The van der Waals surface area contributed by atoms with Crippen molar-refractivity contribution in [2.24, 2.45) is 15.7 Å². The average molecular weight is 335 g/mol. The van der Waals surface area contributed by atoms with Gasteiger partial charge >= 0.3 is 6.03 Å². The number of piperazine rings is 1. The van der Waals surface area contributed by atoms with Gasteiger partial charge in [0.15, 0.2) is 5.71 Å². The molecule has 3 rings (SSSR count). The SMILES string of the molecule is CCC(CC1=NC2(N)C(=N1)C(=O)N(C)C(=O)N2C)N1CCNCC1. The van der Waals surface area contributed by atoms with E-state index in [-0.39, 0.29) is 5.71 Å². The van der Waals surface area contributed by atoms with E-state index in [0.717, 1.165) is 37.5 Å². The maximum Gasteiger partial charge on any atom is 0.329 e. The van der Waals surface area contributed by atoms with Crippen molar-refractivity contribution in [2.75, 3.05) is 40.3 Å². The number of nitrogens with zero attached hydrogens (tertiary/aromatic N) is 5. The highest BCUT2D eigenvalue weighted by atomic mass is 16.2. The van der Waals surface area contributed by atoms with Gasteiger partial charge in [0.1, 0.15) is 5.84 Å². The van der Waals surface area contributed by atoms with Crippen molar-refractivity contribution in [3.05, 3.63) is 0 Å². The Hall–Kier alpha value is -1.84. The van der Waals surface area contributed by atoms with Crippen molar-refractivity contribution in [3.8, 4) is 0 Å². The summed E-state index contributed by atoms with van der Waals surface area (Å²) in [5, 5.41) is 3.34. The van der Waals surface area contributed by atoms with Gasteiger partial charge in [0.2, 0.25) is 5.79 Å². The molecule has 3 aliphatic rings. The number of hydrogen-bond acceptors (Lipinski definition) is 7. The fourth-order valence-electron chi connectivity index (χ4n) is 3.42. The molecule has 0 aromatic rings. The predicted octanol–water partition coefficient (Wildman–Crippen LogP) is -0.950. The van der Waals surface area contributed by atoms with Gasteiger partial charge in [0.05, 0.1) is 0 Å². The summed E-state index contributed by atoms with van der Waals surface area (Å²) in [6.07, 6.45) is 1.59. The molecule has 2 fully saturated rings. The maximum atomic E-state index is 12.3. The van der Waals surface area contributed by atoms with Crippen molar-refractivity contribution in [2.45, 2.75) is 31.6 Å². The minimum Gasteiger partial charge on any atom is -0.314 e. The Morgan fingerprint density at radius 2 is 1.96 bits per heavy atom. The van der Waals surface area contributed by atoms with Gasteiger partial charge in [-0.2, -0.15) is 0 Å². The summed E-state index contributed by atoms with van der Waals surface area (Å²) in [6, 6.07) is -0.173. The van der Waals surface area contributed by atoms with Gasteiger partial charge in [0, 0.05) is 52.7 Å².